The molecule has 0 aliphatic heterocycles. The van der Waals surface area contributed by atoms with Gasteiger partial charge in [0.25, 0.3) is 0 Å². The SMILES string of the molecule is CCCCC[CH-]O[CH-]CCCCC.[Li+].[Li+]. The molecule has 0 aliphatic rings. The van der Waals surface area contributed by atoms with Gasteiger partial charge in [-0.2, -0.15) is 12.8 Å². The predicted molar refractivity (Wildman–Crippen MR) is 58.0 cm³/mol. The van der Waals surface area contributed by atoms with Crippen LogP contribution in [0.5, 0.6) is 0 Å². The first-order valence-corrected chi connectivity index (χ1v) is 5.70. The van der Waals surface area contributed by atoms with Crippen molar-refractivity contribution in [1.29, 1.82) is 0 Å². The maximum absolute atomic E-state index is 5.28. The summed E-state index contributed by atoms with van der Waals surface area (Å²) in [6.07, 6.45) is 9.92. The summed E-state index contributed by atoms with van der Waals surface area (Å²) in [5.74, 6) is 0. The van der Waals surface area contributed by atoms with Gasteiger partial charge in [-0.15, -0.1) is 0 Å². The van der Waals surface area contributed by atoms with E-state index in [1.54, 1.807) is 0 Å². The molecule has 0 bridgehead atoms. The fraction of sp³-hybridized carbons (Fsp3) is 0.833. The van der Waals surface area contributed by atoms with E-state index < -0.39 is 0 Å². The van der Waals surface area contributed by atoms with Crippen molar-refractivity contribution in [3.05, 3.63) is 13.2 Å². The van der Waals surface area contributed by atoms with Gasteiger partial charge in [-0.25, -0.2) is 0 Å². The predicted octanol–water partition coefficient (Wildman–Crippen LogP) is -1.50. The van der Waals surface area contributed by atoms with Crippen LogP contribution < -0.4 is 37.7 Å². The molecule has 0 atom stereocenters. The van der Waals surface area contributed by atoms with E-state index in [-0.39, 0.29) is 37.7 Å². The first-order valence-electron chi connectivity index (χ1n) is 5.70. The molecule has 0 N–H and O–H groups in total. The Bertz CT molecular complexity index is 79.7. The average molecular weight is 198 g/mol. The van der Waals surface area contributed by atoms with Crippen LogP contribution in [0.15, 0.2) is 0 Å². The van der Waals surface area contributed by atoms with Gasteiger partial charge in [0.2, 0.25) is 0 Å². The minimum Gasteiger partial charge on any atom is -0.713 e. The number of hydrogen-bond acceptors (Lipinski definition) is 1. The van der Waals surface area contributed by atoms with E-state index in [2.05, 4.69) is 13.8 Å². The first kappa shape index (κ1) is 21.4. The van der Waals surface area contributed by atoms with Crippen molar-refractivity contribution in [2.24, 2.45) is 0 Å². The van der Waals surface area contributed by atoms with Crippen LogP contribution in [0.4, 0.5) is 0 Å². The van der Waals surface area contributed by atoms with Gasteiger partial charge in [0.05, 0.1) is 0 Å². The summed E-state index contributed by atoms with van der Waals surface area (Å²) < 4.78 is 5.28. The van der Waals surface area contributed by atoms with Gasteiger partial charge in [0.15, 0.2) is 0 Å². The van der Waals surface area contributed by atoms with E-state index in [4.69, 9.17) is 4.74 Å². The smallest absolute Gasteiger partial charge is 0.713 e. The molecule has 0 fully saturated rings. The zero-order chi connectivity index (χ0) is 9.78. The maximum Gasteiger partial charge on any atom is 1.00 e. The molecule has 0 aromatic rings. The largest absolute Gasteiger partial charge is 1.00 e. The normalized spacial score (nSPS) is 9.20. The molecule has 15 heavy (non-hydrogen) atoms. The van der Waals surface area contributed by atoms with Crippen molar-refractivity contribution in [2.75, 3.05) is 0 Å². The molecule has 0 aromatic heterocycles. The monoisotopic (exact) mass is 198 g/mol. The number of unbranched alkanes of at least 4 members (excludes halogenated alkanes) is 6. The fourth-order valence-corrected chi connectivity index (χ4v) is 1.16. The Hall–Kier alpha value is 1.15. The van der Waals surface area contributed by atoms with Gasteiger partial charge < -0.3 is 4.74 Å². The zero-order valence-corrected chi connectivity index (χ0v) is 11.2. The van der Waals surface area contributed by atoms with Gasteiger partial charge in [-0.1, -0.05) is 52.4 Å². The summed E-state index contributed by atoms with van der Waals surface area (Å²) in [5.41, 5.74) is 0. The van der Waals surface area contributed by atoms with E-state index in [1.165, 1.54) is 38.5 Å². The van der Waals surface area contributed by atoms with Gasteiger partial charge in [0, 0.05) is 0 Å². The van der Waals surface area contributed by atoms with Crippen molar-refractivity contribution in [1.82, 2.24) is 0 Å². The van der Waals surface area contributed by atoms with Crippen molar-refractivity contribution in [3.63, 3.8) is 0 Å². The van der Waals surface area contributed by atoms with E-state index in [0.717, 1.165) is 12.8 Å². The van der Waals surface area contributed by atoms with Crippen LogP contribution in [0.2, 0.25) is 0 Å². The third-order valence-corrected chi connectivity index (χ3v) is 2.04. The summed E-state index contributed by atoms with van der Waals surface area (Å²) in [4.78, 5) is 0. The summed E-state index contributed by atoms with van der Waals surface area (Å²) in [6.45, 7) is 8.30. The van der Waals surface area contributed by atoms with Gasteiger partial charge in [0.1, 0.15) is 0 Å². The van der Waals surface area contributed by atoms with Gasteiger partial charge in [-0.05, 0) is 0 Å². The Kier molecular flexibility index (Phi) is 29.4. The number of hydrogen-bond donors (Lipinski definition) is 0. The minimum atomic E-state index is 0. The second-order valence-electron chi connectivity index (χ2n) is 3.46. The number of ether oxygens (including phenoxy) is 1. The molecule has 0 radical (unpaired) electrons. The molecule has 3 heteroatoms. The second kappa shape index (κ2) is 20.6. The summed E-state index contributed by atoms with van der Waals surface area (Å²) in [7, 11) is 0. The molecule has 0 aliphatic carbocycles. The topological polar surface area (TPSA) is 9.23 Å². The van der Waals surface area contributed by atoms with E-state index >= 15 is 0 Å². The molecule has 0 spiro atoms. The fourth-order valence-electron chi connectivity index (χ4n) is 1.16. The van der Waals surface area contributed by atoms with Crippen molar-refractivity contribution >= 4 is 0 Å². The van der Waals surface area contributed by atoms with Gasteiger partial charge >= 0.3 is 37.7 Å². The van der Waals surface area contributed by atoms with Crippen LogP contribution in [0.25, 0.3) is 0 Å². The van der Waals surface area contributed by atoms with Crippen molar-refractivity contribution in [3.8, 4) is 0 Å². The van der Waals surface area contributed by atoms with Crippen molar-refractivity contribution in [2.45, 2.75) is 65.2 Å². The van der Waals surface area contributed by atoms with Gasteiger partial charge in [-0.3, -0.25) is 13.2 Å². The third kappa shape index (κ3) is 21.1. The minimum absolute atomic E-state index is 0. The third-order valence-electron chi connectivity index (χ3n) is 2.04. The Morgan fingerprint density at radius 2 is 1.13 bits per heavy atom. The van der Waals surface area contributed by atoms with Crippen LogP contribution in [0.1, 0.15) is 65.2 Å². The molecule has 0 unspecified atom stereocenters. The first-order chi connectivity index (χ1) is 6.41. The Balaban J connectivity index is -0.000000720. The van der Waals surface area contributed by atoms with E-state index in [1.807, 2.05) is 13.2 Å². The second-order valence-corrected chi connectivity index (χ2v) is 3.46. The Morgan fingerprint density at radius 3 is 1.47 bits per heavy atom. The van der Waals surface area contributed by atoms with E-state index in [0.29, 0.717) is 0 Å². The quantitative estimate of drug-likeness (QED) is 0.236. The molecule has 0 aromatic carbocycles. The maximum atomic E-state index is 5.28. The van der Waals surface area contributed by atoms with E-state index in [9.17, 15) is 0 Å². The van der Waals surface area contributed by atoms with Crippen LogP contribution >= 0.6 is 0 Å². The van der Waals surface area contributed by atoms with Crippen molar-refractivity contribution < 1.29 is 42.5 Å². The molecule has 0 saturated heterocycles. The molecular formula is C12H24Li2O. The Labute approximate surface area is 120 Å². The summed E-state index contributed by atoms with van der Waals surface area (Å²) >= 11 is 0. The molecular weight excluding hydrogens is 174 g/mol. The van der Waals surface area contributed by atoms with Crippen LogP contribution in [-0.4, -0.2) is 0 Å². The summed E-state index contributed by atoms with van der Waals surface area (Å²) in [6, 6.07) is 0. The summed E-state index contributed by atoms with van der Waals surface area (Å²) in [5, 5.41) is 0. The molecule has 0 rings (SSSR count). The molecule has 0 amide bonds. The number of rotatable bonds is 10. The van der Waals surface area contributed by atoms with Crippen LogP contribution in [-0.2, 0) is 4.74 Å². The van der Waals surface area contributed by atoms with Crippen LogP contribution in [0.3, 0.4) is 0 Å². The Morgan fingerprint density at radius 1 is 0.733 bits per heavy atom. The molecule has 0 heterocycles. The average Bonchev–Trinajstić information content (AvgIpc) is 2.16. The van der Waals surface area contributed by atoms with Crippen LogP contribution in [0, 0.1) is 13.2 Å². The molecule has 1 nitrogen and oxygen atoms in total. The standard InChI is InChI=1S/C12H24O.2Li/c1-3-5-7-9-11-13-12-10-8-6-4-2;;/h11-12H,3-10H2,1-2H3;;/q-2;2*+1. The molecule has 0 saturated carbocycles. The molecule has 80 valence electrons. The zero-order valence-electron chi connectivity index (χ0n) is 11.2.